The van der Waals surface area contributed by atoms with E-state index in [1.54, 1.807) is 24.3 Å². The minimum absolute atomic E-state index is 0.0583. The monoisotopic (exact) mass is 472 g/mol. The molecule has 0 radical (unpaired) electrons. The van der Waals surface area contributed by atoms with Gasteiger partial charge in [-0.25, -0.2) is 8.42 Å². The molecule has 168 valence electrons. The SMILES string of the molecule is CCOc1ccc(NS(=O)(=O)c2ccc(Cl)c(C(=O)NCC(C)c3ccccc3)c2)cc1. The van der Waals surface area contributed by atoms with Crippen LogP contribution in [0.25, 0.3) is 0 Å². The number of carbonyl (C=O) groups is 1. The van der Waals surface area contributed by atoms with E-state index < -0.39 is 15.9 Å². The van der Waals surface area contributed by atoms with Gasteiger partial charge in [0, 0.05) is 12.2 Å². The van der Waals surface area contributed by atoms with Crippen LogP contribution in [0.3, 0.4) is 0 Å². The second-order valence-corrected chi connectivity index (χ2v) is 9.32. The summed E-state index contributed by atoms with van der Waals surface area (Å²) in [5.41, 5.74) is 1.57. The van der Waals surface area contributed by atoms with Gasteiger partial charge in [-0.05, 0) is 60.9 Å². The zero-order chi connectivity index (χ0) is 23.1. The van der Waals surface area contributed by atoms with Crippen molar-refractivity contribution in [2.75, 3.05) is 17.9 Å². The molecule has 3 aromatic rings. The molecule has 0 aliphatic heterocycles. The number of benzene rings is 3. The third kappa shape index (κ3) is 6.02. The summed E-state index contributed by atoms with van der Waals surface area (Å²) in [5, 5.41) is 3.01. The molecule has 0 bridgehead atoms. The van der Waals surface area contributed by atoms with Crippen LogP contribution in [0.4, 0.5) is 5.69 Å². The highest BCUT2D eigenvalue weighted by Gasteiger charge is 2.19. The summed E-state index contributed by atoms with van der Waals surface area (Å²) in [6, 6.07) is 20.4. The second-order valence-electron chi connectivity index (χ2n) is 7.23. The topological polar surface area (TPSA) is 84.5 Å². The number of anilines is 1. The van der Waals surface area contributed by atoms with Crippen LogP contribution in [0.15, 0.2) is 77.7 Å². The fraction of sp³-hybridized carbons (Fsp3) is 0.208. The van der Waals surface area contributed by atoms with Gasteiger partial charge in [-0.1, -0.05) is 48.9 Å². The Hall–Kier alpha value is -3.03. The van der Waals surface area contributed by atoms with E-state index in [9.17, 15) is 13.2 Å². The van der Waals surface area contributed by atoms with Crippen molar-refractivity contribution in [1.29, 1.82) is 0 Å². The first-order valence-electron chi connectivity index (χ1n) is 10.2. The molecule has 0 saturated carbocycles. The Kier molecular flexibility index (Phi) is 7.77. The Morgan fingerprint density at radius 3 is 2.38 bits per heavy atom. The molecule has 0 heterocycles. The minimum Gasteiger partial charge on any atom is -0.494 e. The number of halogens is 1. The van der Waals surface area contributed by atoms with Crippen molar-refractivity contribution in [2.24, 2.45) is 0 Å². The lowest BCUT2D eigenvalue weighted by atomic mass is 10.0. The van der Waals surface area contributed by atoms with E-state index in [4.69, 9.17) is 16.3 Å². The van der Waals surface area contributed by atoms with Crippen LogP contribution in [-0.4, -0.2) is 27.5 Å². The molecule has 0 aliphatic rings. The number of carbonyl (C=O) groups excluding carboxylic acids is 1. The molecule has 3 aromatic carbocycles. The van der Waals surface area contributed by atoms with E-state index in [1.807, 2.05) is 44.2 Å². The maximum absolute atomic E-state index is 12.8. The molecular formula is C24H25ClN2O4S. The molecule has 8 heteroatoms. The van der Waals surface area contributed by atoms with Crippen LogP contribution >= 0.6 is 11.6 Å². The van der Waals surface area contributed by atoms with Gasteiger partial charge in [-0.15, -0.1) is 0 Å². The highest BCUT2D eigenvalue weighted by Crippen LogP contribution is 2.24. The first-order valence-corrected chi connectivity index (χ1v) is 12.0. The van der Waals surface area contributed by atoms with Crippen LogP contribution < -0.4 is 14.8 Å². The van der Waals surface area contributed by atoms with Crippen molar-refractivity contribution in [3.8, 4) is 5.75 Å². The second kappa shape index (κ2) is 10.5. The number of amides is 1. The maximum atomic E-state index is 12.8. The summed E-state index contributed by atoms with van der Waals surface area (Å²) in [6.07, 6.45) is 0. The Bertz CT molecular complexity index is 1170. The number of sulfonamides is 1. The van der Waals surface area contributed by atoms with E-state index >= 15 is 0 Å². The largest absolute Gasteiger partial charge is 0.494 e. The van der Waals surface area contributed by atoms with E-state index in [0.717, 1.165) is 5.56 Å². The lowest BCUT2D eigenvalue weighted by molar-refractivity contribution is 0.0951. The number of ether oxygens (including phenoxy) is 1. The first kappa shape index (κ1) is 23.6. The molecule has 3 rings (SSSR count). The summed E-state index contributed by atoms with van der Waals surface area (Å²) in [6.45, 7) is 4.78. The van der Waals surface area contributed by atoms with E-state index in [1.165, 1.54) is 18.2 Å². The third-order valence-corrected chi connectivity index (χ3v) is 6.56. The number of nitrogens with one attached hydrogen (secondary N) is 2. The zero-order valence-electron chi connectivity index (χ0n) is 17.8. The molecule has 0 saturated heterocycles. The number of hydrogen-bond donors (Lipinski definition) is 2. The average Bonchev–Trinajstić information content (AvgIpc) is 2.79. The standard InChI is InChI=1S/C24H25ClN2O4S/c1-3-31-20-11-9-19(10-12-20)27-32(29,30)21-13-14-23(25)22(15-21)24(28)26-16-17(2)18-7-5-4-6-8-18/h4-15,17,27H,3,16H2,1-2H3,(H,26,28). The Labute approximate surface area is 193 Å². The number of hydrogen-bond acceptors (Lipinski definition) is 4. The van der Waals surface area contributed by atoms with Gasteiger partial charge in [0.15, 0.2) is 0 Å². The molecule has 1 amide bonds. The van der Waals surface area contributed by atoms with Gasteiger partial charge in [0.1, 0.15) is 5.75 Å². The van der Waals surface area contributed by atoms with Crippen molar-refractivity contribution >= 4 is 33.2 Å². The molecule has 0 aliphatic carbocycles. The maximum Gasteiger partial charge on any atom is 0.261 e. The third-order valence-electron chi connectivity index (χ3n) is 4.85. The summed E-state index contributed by atoms with van der Waals surface area (Å²) in [4.78, 5) is 12.7. The van der Waals surface area contributed by atoms with E-state index in [2.05, 4.69) is 10.0 Å². The van der Waals surface area contributed by atoms with Crippen molar-refractivity contribution in [2.45, 2.75) is 24.7 Å². The summed E-state index contributed by atoms with van der Waals surface area (Å²) in [5.74, 6) is 0.300. The first-order chi connectivity index (χ1) is 15.3. The van der Waals surface area contributed by atoms with Crippen LogP contribution in [0, 0.1) is 0 Å². The quantitative estimate of drug-likeness (QED) is 0.455. The molecule has 0 spiro atoms. The van der Waals surface area contributed by atoms with Crippen LogP contribution in [-0.2, 0) is 10.0 Å². The fourth-order valence-corrected chi connectivity index (χ4v) is 4.37. The minimum atomic E-state index is -3.91. The summed E-state index contributed by atoms with van der Waals surface area (Å²) < 4.78 is 33.5. The van der Waals surface area contributed by atoms with Crippen molar-refractivity contribution in [3.63, 3.8) is 0 Å². The van der Waals surface area contributed by atoms with E-state index in [-0.39, 0.29) is 21.4 Å². The van der Waals surface area contributed by atoms with Gasteiger partial charge in [0.25, 0.3) is 15.9 Å². The van der Waals surface area contributed by atoms with Gasteiger partial charge in [0.05, 0.1) is 22.1 Å². The Morgan fingerprint density at radius 2 is 1.72 bits per heavy atom. The van der Waals surface area contributed by atoms with Gasteiger partial charge in [-0.2, -0.15) is 0 Å². The Balaban J connectivity index is 1.72. The molecule has 2 N–H and O–H groups in total. The molecule has 6 nitrogen and oxygen atoms in total. The lowest BCUT2D eigenvalue weighted by Gasteiger charge is -2.14. The molecule has 1 unspecified atom stereocenters. The normalized spacial score (nSPS) is 12.1. The van der Waals surface area contributed by atoms with Crippen LogP contribution in [0.5, 0.6) is 5.75 Å². The van der Waals surface area contributed by atoms with Crippen molar-refractivity contribution in [3.05, 3.63) is 88.9 Å². The van der Waals surface area contributed by atoms with Crippen LogP contribution in [0.1, 0.15) is 35.7 Å². The van der Waals surface area contributed by atoms with Gasteiger partial charge >= 0.3 is 0 Å². The molecular weight excluding hydrogens is 448 g/mol. The number of rotatable bonds is 9. The van der Waals surface area contributed by atoms with Crippen molar-refractivity contribution < 1.29 is 17.9 Å². The summed E-state index contributed by atoms with van der Waals surface area (Å²) >= 11 is 6.19. The predicted octanol–water partition coefficient (Wildman–Crippen LogP) is 5.07. The van der Waals surface area contributed by atoms with Gasteiger partial charge in [-0.3, -0.25) is 9.52 Å². The average molecular weight is 473 g/mol. The lowest BCUT2D eigenvalue weighted by Crippen LogP contribution is -2.28. The Morgan fingerprint density at radius 1 is 1.03 bits per heavy atom. The zero-order valence-corrected chi connectivity index (χ0v) is 19.4. The molecule has 0 fully saturated rings. The fourth-order valence-electron chi connectivity index (χ4n) is 3.09. The van der Waals surface area contributed by atoms with E-state index in [0.29, 0.717) is 24.6 Å². The molecule has 1 atom stereocenters. The highest BCUT2D eigenvalue weighted by molar-refractivity contribution is 7.92. The van der Waals surface area contributed by atoms with Gasteiger partial charge in [0.2, 0.25) is 0 Å². The smallest absolute Gasteiger partial charge is 0.261 e. The highest BCUT2D eigenvalue weighted by atomic mass is 35.5. The predicted molar refractivity (Wildman–Crippen MR) is 127 cm³/mol. The molecule has 0 aromatic heterocycles. The van der Waals surface area contributed by atoms with Crippen LogP contribution in [0.2, 0.25) is 5.02 Å². The van der Waals surface area contributed by atoms with Gasteiger partial charge < -0.3 is 10.1 Å². The van der Waals surface area contributed by atoms with Crippen molar-refractivity contribution in [1.82, 2.24) is 5.32 Å². The molecule has 32 heavy (non-hydrogen) atoms. The summed E-state index contributed by atoms with van der Waals surface area (Å²) in [7, 11) is -3.91.